The number of nitrogens with one attached hydrogen (secondary N) is 2. The van der Waals surface area contributed by atoms with Gasteiger partial charge in [-0.25, -0.2) is 0 Å². The van der Waals surface area contributed by atoms with Crippen molar-refractivity contribution >= 4 is 35.9 Å². The number of rotatable bonds is 6. The highest BCUT2D eigenvalue weighted by atomic mass is 127. The van der Waals surface area contributed by atoms with E-state index in [0.29, 0.717) is 23.0 Å². The minimum Gasteiger partial charge on any atom is -0.459 e. The molecule has 0 bridgehead atoms. The highest BCUT2D eigenvalue weighted by Crippen LogP contribution is 2.38. The number of ether oxygens (including phenoxy) is 4. The van der Waals surface area contributed by atoms with Crippen molar-refractivity contribution in [3.05, 3.63) is 17.7 Å². The lowest BCUT2D eigenvalue weighted by Gasteiger charge is -2.20. The first-order chi connectivity index (χ1) is 12.7. The molecule has 1 aromatic carbocycles. The largest absolute Gasteiger partial charge is 0.459 e. The van der Waals surface area contributed by atoms with Gasteiger partial charge in [-0.15, -0.1) is 24.0 Å². The Balaban J connectivity index is 0.00000392. The summed E-state index contributed by atoms with van der Waals surface area (Å²) in [6.07, 6.45) is 0. The fourth-order valence-corrected chi connectivity index (χ4v) is 2.24. The molecular weight excluding hydrogens is 491 g/mol. The molecule has 0 fully saturated rings. The summed E-state index contributed by atoms with van der Waals surface area (Å²) in [7, 11) is 1.51. The lowest BCUT2D eigenvalue weighted by Crippen LogP contribution is -2.41. The molecule has 8 nitrogen and oxygen atoms in total. The second-order valence-corrected chi connectivity index (χ2v) is 6.56. The number of hydrogen-bond acceptors (Lipinski definition) is 6. The Bertz CT molecular complexity index is 711. The third-order valence-corrected chi connectivity index (χ3v) is 3.26. The van der Waals surface area contributed by atoms with E-state index in [1.165, 1.54) is 13.1 Å². The number of carbonyl (C=O) groups is 1. The van der Waals surface area contributed by atoms with E-state index >= 15 is 0 Å². The fourth-order valence-electron chi connectivity index (χ4n) is 2.24. The van der Waals surface area contributed by atoms with Crippen molar-refractivity contribution in [1.29, 1.82) is 0 Å². The van der Waals surface area contributed by atoms with Crippen molar-refractivity contribution in [3.8, 4) is 17.2 Å². The van der Waals surface area contributed by atoms with Crippen LogP contribution < -0.4 is 24.8 Å². The van der Waals surface area contributed by atoms with E-state index in [-0.39, 0.29) is 49.6 Å². The zero-order chi connectivity index (χ0) is 20.0. The van der Waals surface area contributed by atoms with Gasteiger partial charge >= 0.3 is 12.6 Å². The lowest BCUT2D eigenvalue weighted by atomic mass is 10.1. The second kappa shape index (κ2) is 10.5. The van der Waals surface area contributed by atoms with E-state index in [0.717, 1.165) is 0 Å². The minimum absolute atomic E-state index is 0. The SMILES string of the molecule is CN=C(NCC(=O)OC(C)(C)C)NCc1cc2c(cc1OC(F)F)OCO2.I. The fraction of sp³-hybridized carbons (Fsp3) is 0.529. The van der Waals surface area contributed by atoms with Gasteiger partial charge in [0.1, 0.15) is 17.9 Å². The summed E-state index contributed by atoms with van der Waals surface area (Å²) in [4.78, 5) is 15.7. The van der Waals surface area contributed by atoms with E-state index in [1.54, 1.807) is 26.8 Å². The van der Waals surface area contributed by atoms with E-state index < -0.39 is 18.2 Å². The first-order valence-corrected chi connectivity index (χ1v) is 8.21. The van der Waals surface area contributed by atoms with Crippen LogP contribution in [0.4, 0.5) is 8.78 Å². The topological polar surface area (TPSA) is 90.4 Å². The number of aliphatic imine (C=N–C) groups is 1. The van der Waals surface area contributed by atoms with Gasteiger partial charge in [0, 0.05) is 25.2 Å². The van der Waals surface area contributed by atoms with E-state index in [9.17, 15) is 13.6 Å². The molecule has 1 aliphatic heterocycles. The van der Waals surface area contributed by atoms with Gasteiger partial charge in [-0.3, -0.25) is 9.79 Å². The Labute approximate surface area is 179 Å². The molecule has 0 saturated heterocycles. The zero-order valence-electron chi connectivity index (χ0n) is 16.0. The Morgan fingerprint density at radius 3 is 2.46 bits per heavy atom. The predicted molar refractivity (Wildman–Crippen MR) is 109 cm³/mol. The maximum Gasteiger partial charge on any atom is 0.387 e. The van der Waals surface area contributed by atoms with Crippen molar-refractivity contribution in [3.63, 3.8) is 0 Å². The Morgan fingerprint density at radius 1 is 1.25 bits per heavy atom. The van der Waals surface area contributed by atoms with Crippen LogP contribution in [0, 0.1) is 0 Å². The standard InChI is InChI=1S/C17H23F2N3O5.HI/c1-17(2,3)27-14(23)8-22-16(20-4)21-7-10-5-12-13(25-9-24-12)6-11(10)26-15(18)19;/h5-6,15H,7-9H2,1-4H3,(H2,20,21,22);1H. The molecule has 0 saturated carbocycles. The number of carbonyl (C=O) groups excluding carboxylic acids is 1. The number of hydrogen-bond donors (Lipinski definition) is 2. The van der Waals surface area contributed by atoms with Crippen LogP contribution in [0.25, 0.3) is 0 Å². The summed E-state index contributed by atoms with van der Waals surface area (Å²) in [5.74, 6) is 0.577. The van der Waals surface area contributed by atoms with Gasteiger partial charge in [-0.1, -0.05) is 0 Å². The number of guanidine groups is 1. The van der Waals surface area contributed by atoms with Gasteiger partial charge < -0.3 is 29.6 Å². The van der Waals surface area contributed by atoms with Gasteiger partial charge in [0.05, 0.1) is 0 Å². The van der Waals surface area contributed by atoms with Gasteiger partial charge in [0.2, 0.25) is 6.79 Å². The highest BCUT2D eigenvalue weighted by Gasteiger charge is 2.20. The molecule has 0 spiro atoms. The summed E-state index contributed by atoms with van der Waals surface area (Å²) in [5.41, 5.74) is -0.177. The summed E-state index contributed by atoms with van der Waals surface area (Å²) < 4.78 is 45.5. The normalized spacial score (nSPS) is 13.0. The Kier molecular flexibility index (Phi) is 8.98. The van der Waals surface area contributed by atoms with Crippen LogP contribution in [0.15, 0.2) is 17.1 Å². The molecule has 28 heavy (non-hydrogen) atoms. The van der Waals surface area contributed by atoms with Crippen LogP contribution in [0.3, 0.4) is 0 Å². The number of alkyl halides is 2. The highest BCUT2D eigenvalue weighted by molar-refractivity contribution is 14.0. The van der Waals surface area contributed by atoms with E-state index in [2.05, 4.69) is 20.4 Å². The van der Waals surface area contributed by atoms with Crippen LogP contribution >= 0.6 is 24.0 Å². The maximum absolute atomic E-state index is 12.7. The van der Waals surface area contributed by atoms with Crippen molar-refractivity contribution in [2.24, 2.45) is 4.99 Å². The summed E-state index contributed by atoms with van der Waals surface area (Å²) in [6.45, 7) is 2.34. The average Bonchev–Trinajstić information content (AvgIpc) is 2.99. The molecule has 0 radical (unpaired) electrons. The van der Waals surface area contributed by atoms with Crippen molar-refractivity contribution in [2.75, 3.05) is 20.4 Å². The molecule has 0 atom stereocenters. The van der Waals surface area contributed by atoms with Gasteiger partial charge in [0.25, 0.3) is 0 Å². The lowest BCUT2D eigenvalue weighted by molar-refractivity contribution is -0.153. The molecule has 2 rings (SSSR count). The molecule has 158 valence electrons. The summed E-state index contributed by atoms with van der Waals surface area (Å²) in [5, 5.41) is 5.71. The van der Waals surface area contributed by atoms with Crippen LogP contribution in [0.1, 0.15) is 26.3 Å². The predicted octanol–water partition coefficient (Wildman–Crippen LogP) is 2.64. The van der Waals surface area contributed by atoms with E-state index in [1.807, 2.05) is 0 Å². The van der Waals surface area contributed by atoms with Crippen LogP contribution in [-0.4, -0.2) is 44.5 Å². The third-order valence-electron chi connectivity index (χ3n) is 3.26. The summed E-state index contributed by atoms with van der Waals surface area (Å²) >= 11 is 0. The van der Waals surface area contributed by atoms with Crippen LogP contribution in [0.2, 0.25) is 0 Å². The van der Waals surface area contributed by atoms with Crippen LogP contribution in [-0.2, 0) is 16.1 Å². The van der Waals surface area contributed by atoms with Gasteiger partial charge in [-0.05, 0) is 26.8 Å². The van der Waals surface area contributed by atoms with Crippen LogP contribution in [0.5, 0.6) is 17.2 Å². The first-order valence-electron chi connectivity index (χ1n) is 8.21. The quantitative estimate of drug-likeness (QED) is 0.261. The minimum atomic E-state index is -2.98. The molecular formula is C17H24F2IN3O5. The number of benzene rings is 1. The van der Waals surface area contributed by atoms with E-state index in [4.69, 9.17) is 14.2 Å². The molecule has 2 N–H and O–H groups in total. The van der Waals surface area contributed by atoms with Crippen molar-refractivity contribution in [1.82, 2.24) is 10.6 Å². The van der Waals surface area contributed by atoms with Gasteiger partial charge in [0.15, 0.2) is 17.5 Å². The zero-order valence-corrected chi connectivity index (χ0v) is 18.3. The molecule has 1 aliphatic rings. The number of nitrogens with zero attached hydrogens (tertiary/aromatic N) is 1. The smallest absolute Gasteiger partial charge is 0.387 e. The second-order valence-electron chi connectivity index (χ2n) is 6.56. The first kappa shape index (κ1) is 24.0. The van der Waals surface area contributed by atoms with Crippen molar-refractivity contribution < 1.29 is 32.5 Å². The average molecular weight is 515 g/mol. The summed E-state index contributed by atoms with van der Waals surface area (Å²) in [6, 6.07) is 2.90. The Hall–Kier alpha value is -2.05. The molecule has 1 aromatic rings. The molecule has 0 amide bonds. The molecule has 11 heteroatoms. The maximum atomic E-state index is 12.7. The monoisotopic (exact) mass is 515 g/mol. The molecule has 1 heterocycles. The number of fused-ring (bicyclic) bond motifs is 1. The van der Waals surface area contributed by atoms with Gasteiger partial charge in [-0.2, -0.15) is 8.78 Å². The number of esters is 1. The van der Waals surface area contributed by atoms with Crippen molar-refractivity contribution in [2.45, 2.75) is 39.5 Å². The number of halogens is 3. The molecule has 0 aromatic heterocycles. The third kappa shape index (κ3) is 7.52. The Morgan fingerprint density at radius 2 is 1.89 bits per heavy atom. The molecule has 0 aliphatic carbocycles. The molecule has 0 unspecified atom stereocenters.